The lowest BCUT2D eigenvalue weighted by molar-refractivity contribution is -0.116. The summed E-state index contributed by atoms with van der Waals surface area (Å²) in [4.78, 5) is 37.4. The number of amides is 3. The standard InChI is InChI=1S/C28H32N4O3/c1-4-8-26(33)31-24-12-7-11-23(20(24)3)29-18-27(34)32-25-10-6-5-9-22(25)28(35)30-17-21-15-13-19(2)14-16-21/h5-7,9-16,29H,4,8,17-18H2,1-3H3,(H,30,35)(H,31,33)(H,32,34). The maximum atomic E-state index is 12.8. The second-order valence-electron chi connectivity index (χ2n) is 8.39. The number of aryl methyl sites for hydroxylation is 1. The summed E-state index contributed by atoms with van der Waals surface area (Å²) in [5.74, 6) is -0.591. The summed E-state index contributed by atoms with van der Waals surface area (Å²) in [6.45, 7) is 6.25. The predicted molar refractivity (Wildman–Crippen MR) is 141 cm³/mol. The molecule has 0 aliphatic heterocycles. The third-order valence-electron chi connectivity index (χ3n) is 5.54. The van der Waals surface area contributed by atoms with Crippen LogP contribution in [0.15, 0.2) is 66.7 Å². The van der Waals surface area contributed by atoms with Gasteiger partial charge in [0.05, 0.1) is 17.8 Å². The number of para-hydroxylation sites is 1. The van der Waals surface area contributed by atoms with E-state index in [1.165, 1.54) is 0 Å². The van der Waals surface area contributed by atoms with E-state index in [0.29, 0.717) is 29.9 Å². The summed E-state index contributed by atoms with van der Waals surface area (Å²) in [6.07, 6.45) is 1.23. The Morgan fingerprint density at radius 2 is 1.40 bits per heavy atom. The molecule has 4 N–H and O–H groups in total. The second-order valence-corrected chi connectivity index (χ2v) is 8.39. The molecule has 0 spiro atoms. The van der Waals surface area contributed by atoms with Crippen LogP contribution in [0.4, 0.5) is 17.1 Å². The molecule has 7 heteroatoms. The molecule has 0 radical (unpaired) electrons. The molecule has 35 heavy (non-hydrogen) atoms. The Balaban J connectivity index is 1.59. The van der Waals surface area contributed by atoms with E-state index in [9.17, 15) is 14.4 Å². The van der Waals surface area contributed by atoms with E-state index in [-0.39, 0.29) is 24.3 Å². The Morgan fingerprint density at radius 1 is 0.743 bits per heavy atom. The maximum Gasteiger partial charge on any atom is 0.253 e. The summed E-state index contributed by atoms with van der Waals surface area (Å²) in [5, 5.41) is 11.7. The van der Waals surface area contributed by atoms with Gasteiger partial charge < -0.3 is 21.3 Å². The van der Waals surface area contributed by atoms with Crippen LogP contribution in [0.3, 0.4) is 0 Å². The molecule has 0 heterocycles. The van der Waals surface area contributed by atoms with E-state index in [1.807, 2.05) is 63.2 Å². The van der Waals surface area contributed by atoms with Gasteiger partial charge in [0, 0.05) is 24.3 Å². The van der Waals surface area contributed by atoms with Crippen LogP contribution < -0.4 is 21.3 Å². The molecule has 0 aromatic heterocycles. The van der Waals surface area contributed by atoms with E-state index >= 15 is 0 Å². The van der Waals surface area contributed by atoms with Crippen molar-refractivity contribution in [3.63, 3.8) is 0 Å². The third-order valence-corrected chi connectivity index (χ3v) is 5.54. The molecular weight excluding hydrogens is 440 g/mol. The van der Waals surface area contributed by atoms with Crippen LogP contribution in [0.25, 0.3) is 0 Å². The van der Waals surface area contributed by atoms with E-state index in [1.54, 1.807) is 24.3 Å². The highest BCUT2D eigenvalue weighted by molar-refractivity contribution is 6.04. The molecule has 0 atom stereocenters. The Hall–Kier alpha value is -4.13. The highest BCUT2D eigenvalue weighted by atomic mass is 16.2. The zero-order valence-electron chi connectivity index (χ0n) is 20.4. The zero-order valence-corrected chi connectivity index (χ0v) is 20.4. The van der Waals surface area contributed by atoms with Gasteiger partial charge >= 0.3 is 0 Å². The van der Waals surface area contributed by atoms with Gasteiger partial charge in [-0.2, -0.15) is 0 Å². The second kappa shape index (κ2) is 12.4. The van der Waals surface area contributed by atoms with Crippen LogP contribution in [-0.2, 0) is 16.1 Å². The number of anilines is 3. The SMILES string of the molecule is CCCC(=O)Nc1cccc(NCC(=O)Nc2ccccc2C(=O)NCc2ccc(C)cc2)c1C. The van der Waals surface area contributed by atoms with Crippen molar-refractivity contribution in [1.82, 2.24) is 5.32 Å². The fourth-order valence-corrected chi connectivity index (χ4v) is 3.55. The molecule has 0 aliphatic carbocycles. The molecule has 0 fully saturated rings. The zero-order chi connectivity index (χ0) is 25.2. The first-order valence-electron chi connectivity index (χ1n) is 11.7. The molecule has 182 valence electrons. The Morgan fingerprint density at radius 3 is 2.14 bits per heavy atom. The summed E-state index contributed by atoms with van der Waals surface area (Å²) >= 11 is 0. The lowest BCUT2D eigenvalue weighted by Gasteiger charge is -2.15. The van der Waals surface area contributed by atoms with Gasteiger partial charge in [0.15, 0.2) is 0 Å². The molecule has 3 rings (SSSR count). The van der Waals surface area contributed by atoms with E-state index in [4.69, 9.17) is 0 Å². The first kappa shape index (κ1) is 25.5. The van der Waals surface area contributed by atoms with Crippen molar-refractivity contribution in [3.8, 4) is 0 Å². The predicted octanol–water partition coefficient (Wildman–Crippen LogP) is 5.02. The van der Waals surface area contributed by atoms with Crippen molar-refractivity contribution in [3.05, 3.63) is 89.0 Å². The van der Waals surface area contributed by atoms with Crippen molar-refractivity contribution in [2.24, 2.45) is 0 Å². The van der Waals surface area contributed by atoms with Gasteiger partial charge in [-0.05, 0) is 55.7 Å². The van der Waals surface area contributed by atoms with Crippen LogP contribution in [0.1, 0.15) is 46.8 Å². The topological polar surface area (TPSA) is 99.3 Å². The number of carbonyl (C=O) groups excluding carboxylic acids is 3. The van der Waals surface area contributed by atoms with Crippen LogP contribution >= 0.6 is 0 Å². The quantitative estimate of drug-likeness (QED) is 0.333. The van der Waals surface area contributed by atoms with E-state index in [0.717, 1.165) is 28.8 Å². The summed E-state index contributed by atoms with van der Waals surface area (Å²) < 4.78 is 0. The van der Waals surface area contributed by atoms with Gasteiger partial charge in [0.1, 0.15) is 0 Å². The van der Waals surface area contributed by atoms with Gasteiger partial charge in [-0.25, -0.2) is 0 Å². The maximum absolute atomic E-state index is 12.8. The van der Waals surface area contributed by atoms with Crippen molar-refractivity contribution in [2.75, 3.05) is 22.5 Å². The fraction of sp³-hybridized carbons (Fsp3) is 0.250. The smallest absolute Gasteiger partial charge is 0.253 e. The monoisotopic (exact) mass is 472 g/mol. The van der Waals surface area contributed by atoms with Crippen LogP contribution in [0.5, 0.6) is 0 Å². The summed E-state index contributed by atoms with van der Waals surface area (Å²) in [5.41, 5.74) is 5.30. The normalized spacial score (nSPS) is 10.4. The minimum Gasteiger partial charge on any atom is -0.376 e. The Labute approximate surface area is 206 Å². The van der Waals surface area contributed by atoms with Gasteiger partial charge in [0.2, 0.25) is 11.8 Å². The average Bonchev–Trinajstić information content (AvgIpc) is 2.84. The van der Waals surface area contributed by atoms with E-state index in [2.05, 4.69) is 21.3 Å². The van der Waals surface area contributed by atoms with Crippen molar-refractivity contribution < 1.29 is 14.4 Å². The van der Waals surface area contributed by atoms with Gasteiger partial charge in [-0.1, -0.05) is 55.0 Å². The lowest BCUT2D eigenvalue weighted by atomic mass is 10.1. The minimum atomic E-state index is -0.288. The molecule has 3 amide bonds. The third kappa shape index (κ3) is 7.43. The van der Waals surface area contributed by atoms with E-state index < -0.39 is 0 Å². The number of benzene rings is 3. The molecule has 3 aromatic rings. The molecule has 3 aromatic carbocycles. The van der Waals surface area contributed by atoms with Crippen molar-refractivity contribution in [2.45, 2.75) is 40.2 Å². The summed E-state index contributed by atoms with van der Waals surface area (Å²) in [6, 6.07) is 20.4. The Bertz CT molecular complexity index is 1190. The fourth-order valence-electron chi connectivity index (χ4n) is 3.55. The van der Waals surface area contributed by atoms with Crippen LogP contribution in [0.2, 0.25) is 0 Å². The summed E-state index contributed by atoms with van der Waals surface area (Å²) in [7, 11) is 0. The molecule has 0 saturated heterocycles. The first-order chi connectivity index (χ1) is 16.9. The first-order valence-corrected chi connectivity index (χ1v) is 11.7. The number of nitrogens with one attached hydrogen (secondary N) is 4. The van der Waals surface area contributed by atoms with Crippen LogP contribution in [-0.4, -0.2) is 24.3 Å². The highest BCUT2D eigenvalue weighted by Crippen LogP contribution is 2.23. The van der Waals surface area contributed by atoms with Crippen LogP contribution in [0, 0.1) is 13.8 Å². The highest BCUT2D eigenvalue weighted by Gasteiger charge is 2.14. The van der Waals surface area contributed by atoms with Gasteiger partial charge in [0.25, 0.3) is 5.91 Å². The number of carbonyl (C=O) groups is 3. The van der Waals surface area contributed by atoms with Crippen molar-refractivity contribution >= 4 is 34.8 Å². The number of hydrogen-bond acceptors (Lipinski definition) is 4. The molecule has 0 bridgehead atoms. The largest absolute Gasteiger partial charge is 0.376 e. The Kier molecular flexibility index (Phi) is 9.01. The molecule has 0 unspecified atom stereocenters. The van der Waals surface area contributed by atoms with Gasteiger partial charge in [-0.3, -0.25) is 14.4 Å². The number of hydrogen-bond donors (Lipinski definition) is 4. The van der Waals surface area contributed by atoms with Crippen molar-refractivity contribution in [1.29, 1.82) is 0 Å². The minimum absolute atomic E-state index is 0.00647. The lowest BCUT2D eigenvalue weighted by Crippen LogP contribution is -2.27. The molecular formula is C28H32N4O3. The molecule has 0 aliphatic rings. The average molecular weight is 473 g/mol. The number of rotatable bonds is 10. The molecule has 7 nitrogen and oxygen atoms in total. The van der Waals surface area contributed by atoms with Gasteiger partial charge in [-0.15, -0.1) is 0 Å². The molecule has 0 saturated carbocycles.